The average molecular weight is 201 g/mol. The minimum absolute atomic E-state index is 0.0723. The number of aliphatic hydroxyl groups excluding tert-OH is 1. The highest BCUT2D eigenvalue weighted by Crippen LogP contribution is 2.27. The summed E-state index contributed by atoms with van der Waals surface area (Å²) in [4.78, 5) is 12.9. The van der Waals surface area contributed by atoms with Gasteiger partial charge >= 0.3 is 6.09 Å². The summed E-state index contributed by atoms with van der Waals surface area (Å²) in [7, 11) is 1.73. The smallest absolute Gasteiger partial charge is 0.409 e. The van der Waals surface area contributed by atoms with Gasteiger partial charge in [-0.25, -0.2) is 4.79 Å². The van der Waals surface area contributed by atoms with E-state index in [0.29, 0.717) is 12.5 Å². The third-order valence-corrected chi connectivity index (χ3v) is 2.39. The number of hydrogen-bond acceptors (Lipinski definition) is 3. The molecule has 1 aliphatic carbocycles. The molecule has 82 valence electrons. The number of nitrogens with zero attached hydrogens (tertiary/aromatic N) is 1. The first-order valence-electron chi connectivity index (χ1n) is 5.09. The van der Waals surface area contributed by atoms with Crippen molar-refractivity contribution in [3.8, 4) is 0 Å². The predicted octanol–water partition coefficient (Wildman–Crippen LogP) is 1.23. The van der Waals surface area contributed by atoms with Gasteiger partial charge in [0.25, 0.3) is 0 Å². The van der Waals surface area contributed by atoms with Crippen LogP contribution in [0.5, 0.6) is 0 Å². The lowest BCUT2D eigenvalue weighted by molar-refractivity contribution is 0.0216. The molecule has 1 amide bonds. The largest absolute Gasteiger partial charge is 0.447 e. The van der Waals surface area contributed by atoms with Crippen molar-refractivity contribution >= 4 is 6.09 Å². The van der Waals surface area contributed by atoms with E-state index in [4.69, 9.17) is 9.84 Å². The zero-order valence-corrected chi connectivity index (χ0v) is 9.06. The van der Waals surface area contributed by atoms with Gasteiger partial charge in [-0.3, -0.25) is 0 Å². The molecule has 4 nitrogen and oxygen atoms in total. The van der Waals surface area contributed by atoms with Crippen molar-refractivity contribution in [1.82, 2.24) is 4.90 Å². The Hall–Kier alpha value is -0.770. The van der Waals surface area contributed by atoms with E-state index in [0.717, 1.165) is 12.8 Å². The fraction of sp³-hybridized carbons (Fsp3) is 0.900. The van der Waals surface area contributed by atoms with Gasteiger partial charge in [0.2, 0.25) is 0 Å². The molecule has 0 aliphatic heterocycles. The number of aliphatic hydroxyl groups is 1. The topological polar surface area (TPSA) is 49.8 Å². The molecular weight excluding hydrogens is 182 g/mol. The van der Waals surface area contributed by atoms with Crippen molar-refractivity contribution in [2.45, 2.75) is 38.9 Å². The number of rotatable bonds is 3. The van der Waals surface area contributed by atoms with Gasteiger partial charge < -0.3 is 14.7 Å². The molecule has 0 unspecified atom stereocenters. The molecule has 1 fully saturated rings. The van der Waals surface area contributed by atoms with Crippen LogP contribution in [0.1, 0.15) is 26.7 Å². The lowest BCUT2D eigenvalue weighted by Crippen LogP contribution is -2.40. The van der Waals surface area contributed by atoms with E-state index in [1.807, 2.05) is 13.8 Å². The Balaban J connectivity index is 2.20. The molecule has 0 aromatic heterocycles. The molecule has 1 rings (SSSR count). The van der Waals surface area contributed by atoms with Crippen molar-refractivity contribution in [3.05, 3.63) is 0 Å². The van der Waals surface area contributed by atoms with E-state index >= 15 is 0 Å². The second-order valence-corrected chi connectivity index (χ2v) is 4.30. The van der Waals surface area contributed by atoms with Crippen LogP contribution in [-0.4, -0.2) is 41.9 Å². The summed E-state index contributed by atoms with van der Waals surface area (Å²) < 4.78 is 5.03. The summed E-state index contributed by atoms with van der Waals surface area (Å²) in [6.07, 6.45) is 1.10. The standard InChI is InChI=1S/C10H19NO3/c1-7(2)14-10(13)11(3)6-8-4-9(12)5-8/h7-9,12H,4-6H2,1-3H3. The maximum absolute atomic E-state index is 11.4. The molecule has 0 radical (unpaired) electrons. The molecular formula is C10H19NO3. The first-order valence-corrected chi connectivity index (χ1v) is 5.09. The van der Waals surface area contributed by atoms with Crippen molar-refractivity contribution < 1.29 is 14.6 Å². The zero-order chi connectivity index (χ0) is 10.7. The van der Waals surface area contributed by atoms with Crippen molar-refractivity contribution in [2.24, 2.45) is 5.92 Å². The fourth-order valence-corrected chi connectivity index (χ4v) is 1.60. The van der Waals surface area contributed by atoms with Gasteiger partial charge in [0, 0.05) is 13.6 Å². The molecule has 0 bridgehead atoms. The minimum Gasteiger partial charge on any atom is -0.447 e. The monoisotopic (exact) mass is 201 g/mol. The minimum atomic E-state index is -0.276. The molecule has 0 atom stereocenters. The van der Waals surface area contributed by atoms with Gasteiger partial charge in [0.15, 0.2) is 0 Å². The Bertz CT molecular complexity index is 200. The highest BCUT2D eigenvalue weighted by Gasteiger charge is 2.29. The van der Waals surface area contributed by atoms with Gasteiger partial charge in [-0.05, 0) is 32.6 Å². The third-order valence-electron chi connectivity index (χ3n) is 2.39. The molecule has 0 aromatic carbocycles. The average Bonchev–Trinajstić information content (AvgIpc) is 2.00. The molecule has 0 heterocycles. The first kappa shape index (κ1) is 11.3. The normalized spacial score (nSPS) is 25.8. The van der Waals surface area contributed by atoms with Crippen LogP contribution in [0.25, 0.3) is 0 Å². The van der Waals surface area contributed by atoms with E-state index in [2.05, 4.69) is 0 Å². The number of ether oxygens (including phenoxy) is 1. The lowest BCUT2D eigenvalue weighted by Gasteiger charge is -2.34. The van der Waals surface area contributed by atoms with Crippen LogP contribution >= 0.6 is 0 Å². The maximum Gasteiger partial charge on any atom is 0.409 e. The first-order chi connectivity index (χ1) is 6.49. The highest BCUT2D eigenvalue weighted by molar-refractivity contribution is 5.67. The summed E-state index contributed by atoms with van der Waals surface area (Å²) in [5, 5.41) is 9.08. The quantitative estimate of drug-likeness (QED) is 0.747. The van der Waals surface area contributed by atoms with Crippen molar-refractivity contribution in [3.63, 3.8) is 0 Å². The summed E-state index contributed by atoms with van der Waals surface area (Å²) >= 11 is 0. The second-order valence-electron chi connectivity index (χ2n) is 4.30. The maximum atomic E-state index is 11.4. The summed E-state index contributed by atoms with van der Waals surface area (Å²) in [6, 6.07) is 0. The van der Waals surface area contributed by atoms with E-state index in [1.165, 1.54) is 0 Å². The Kier molecular flexibility index (Phi) is 3.75. The number of carbonyl (C=O) groups excluding carboxylic acids is 1. The van der Waals surface area contributed by atoms with Gasteiger partial charge in [-0.15, -0.1) is 0 Å². The fourth-order valence-electron chi connectivity index (χ4n) is 1.60. The predicted molar refractivity (Wildman–Crippen MR) is 53.0 cm³/mol. The van der Waals surface area contributed by atoms with Gasteiger partial charge in [-0.2, -0.15) is 0 Å². The molecule has 1 N–H and O–H groups in total. The second kappa shape index (κ2) is 4.64. The Morgan fingerprint density at radius 3 is 2.57 bits per heavy atom. The van der Waals surface area contributed by atoms with Crippen LogP contribution in [-0.2, 0) is 4.74 Å². The molecule has 0 spiro atoms. The molecule has 14 heavy (non-hydrogen) atoms. The Labute approximate surface area is 84.8 Å². The Morgan fingerprint density at radius 1 is 1.57 bits per heavy atom. The number of amides is 1. The molecule has 1 aliphatic rings. The van der Waals surface area contributed by atoms with Crippen LogP contribution < -0.4 is 0 Å². The molecule has 4 heteroatoms. The van der Waals surface area contributed by atoms with Crippen LogP contribution in [0, 0.1) is 5.92 Å². The van der Waals surface area contributed by atoms with Crippen molar-refractivity contribution in [1.29, 1.82) is 0 Å². The van der Waals surface area contributed by atoms with E-state index in [9.17, 15) is 4.79 Å². The van der Waals surface area contributed by atoms with Gasteiger partial charge in [0.1, 0.15) is 0 Å². The van der Waals surface area contributed by atoms with Gasteiger partial charge in [-0.1, -0.05) is 0 Å². The van der Waals surface area contributed by atoms with E-state index in [-0.39, 0.29) is 18.3 Å². The lowest BCUT2D eigenvalue weighted by atomic mass is 9.82. The molecule has 0 aromatic rings. The molecule has 1 saturated carbocycles. The summed E-state index contributed by atoms with van der Waals surface area (Å²) in [5.74, 6) is 0.440. The number of carbonyl (C=O) groups is 1. The van der Waals surface area contributed by atoms with Crippen LogP contribution in [0.2, 0.25) is 0 Å². The Morgan fingerprint density at radius 2 is 2.14 bits per heavy atom. The van der Waals surface area contributed by atoms with Gasteiger partial charge in [0.05, 0.1) is 12.2 Å². The van der Waals surface area contributed by atoms with Crippen LogP contribution in [0.15, 0.2) is 0 Å². The van der Waals surface area contributed by atoms with Crippen LogP contribution in [0.3, 0.4) is 0 Å². The SMILES string of the molecule is CC(C)OC(=O)N(C)CC1CC(O)C1. The van der Waals surface area contributed by atoms with Crippen molar-refractivity contribution in [2.75, 3.05) is 13.6 Å². The third kappa shape index (κ3) is 3.18. The van der Waals surface area contributed by atoms with E-state index < -0.39 is 0 Å². The molecule has 0 saturated heterocycles. The van der Waals surface area contributed by atoms with E-state index in [1.54, 1.807) is 11.9 Å². The zero-order valence-electron chi connectivity index (χ0n) is 9.06. The summed E-state index contributed by atoms with van der Waals surface area (Å²) in [6.45, 7) is 4.35. The summed E-state index contributed by atoms with van der Waals surface area (Å²) in [5.41, 5.74) is 0. The highest BCUT2D eigenvalue weighted by atomic mass is 16.6. The number of hydrogen-bond donors (Lipinski definition) is 1. The van der Waals surface area contributed by atoms with Crippen LogP contribution in [0.4, 0.5) is 4.79 Å².